The first-order valence-corrected chi connectivity index (χ1v) is 9.00. The Kier molecular flexibility index (Phi) is 4.53. The third-order valence-corrected chi connectivity index (χ3v) is 4.77. The average molecular weight is 364 g/mol. The van der Waals surface area contributed by atoms with Crippen LogP contribution in [0.25, 0.3) is 10.8 Å². The van der Waals surface area contributed by atoms with E-state index < -0.39 is 0 Å². The van der Waals surface area contributed by atoms with Gasteiger partial charge in [0.1, 0.15) is 0 Å². The Morgan fingerprint density at radius 1 is 1.00 bits per heavy atom. The molecular formula is C19H20N6O2. The number of piperazine rings is 1. The number of aromatic nitrogens is 4. The summed E-state index contributed by atoms with van der Waals surface area (Å²) in [7, 11) is 0. The van der Waals surface area contributed by atoms with Crippen molar-refractivity contribution in [2.75, 3.05) is 31.1 Å². The van der Waals surface area contributed by atoms with E-state index in [9.17, 15) is 9.59 Å². The molecule has 8 heteroatoms. The molecule has 8 nitrogen and oxygen atoms in total. The summed E-state index contributed by atoms with van der Waals surface area (Å²) in [5, 5.41) is 5.47. The second-order valence-electron chi connectivity index (χ2n) is 6.34. The molecule has 138 valence electrons. The molecule has 1 aliphatic heterocycles. The van der Waals surface area contributed by atoms with Crippen molar-refractivity contribution < 1.29 is 4.79 Å². The van der Waals surface area contributed by atoms with Crippen LogP contribution in [0, 0.1) is 0 Å². The van der Waals surface area contributed by atoms with E-state index in [1.165, 1.54) is 4.68 Å². The fourth-order valence-electron chi connectivity index (χ4n) is 3.32. The van der Waals surface area contributed by atoms with Gasteiger partial charge in [0.2, 0.25) is 5.95 Å². The highest BCUT2D eigenvalue weighted by Crippen LogP contribution is 2.17. The van der Waals surface area contributed by atoms with Gasteiger partial charge in [0.25, 0.3) is 11.5 Å². The number of anilines is 1. The number of fused-ring (bicyclic) bond motifs is 1. The van der Waals surface area contributed by atoms with Gasteiger partial charge in [-0.05, 0) is 19.1 Å². The Balaban J connectivity index is 1.61. The predicted molar refractivity (Wildman–Crippen MR) is 102 cm³/mol. The molecule has 0 radical (unpaired) electrons. The van der Waals surface area contributed by atoms with E-state index in [1.807, 2.05) is 13.0 Å². The minimum Gasteiger partial charge on any atom is -0.337 e. The van der Waals surface area contributed by atoms with Crippen LogP contribution in [-0.4, -0.2) is 56.7 Å². The minimum absolute atomic E-state index is 0.151. The SMILES string of the molecule is CCn1nc(C(=O)N2CCN(c3ncccn3)CC2)c2ccccc2c1=O. The standard InChI is InChI=1S/C19H20N6O2/c1-2-25-17(26)15-7-4-3-6-14(15)16(22-25)18(27)23-10-12-24(13-11-23)19-20-8-5-9-21-19/h3-9H,2,10-13H2,1H3. The first kappa shape index (κ1) is 17.1. The molecule has 1 aromatic carbocycles. The molecule has 2 aromatic heterocycles. The summed E-state index contributed by atoms with van der Waals surface area (Å²) in [6, 6.07) is 8.93. The van der Waals surface area contributed by atoms with Gasteiger partial charge in [0.15, 0.2) is 5.69 Å². The number of carbonyl (C=O) groups is 1. The van der Waals surface area contributed by atoms with Gasteiger partial charge in [-0.25, -0.2) is 14.6 Å². The molecule has 0 N–H and O–H groups in total. The third-order valence-electron chi connectivity index (χ3n) is 4.77. The Morgan fingerprint density at radius 2 is 1.67 bits per heavy atom. The van der Waals surface area contributed by atoms with Crippen LogP contribution in [0.15, 0.2) is 47.5 Å². The molecule has 3 heterocycles. The Labute approximate surface area is 156 Å². The third kappa shape index (κ3) is 3.14. The molecule has 1 amide bonds. The van der Waals surface area contributed by atoms with Crippen molar-refractivity contribution in [1.29, 1.82) is 0 Å². The van der Waals surface area contributed by atoms with Crippen LogP contribution in [-0.2, 0) is 6.54 Å². The van der Waals surface area contributed by atoms with E-state index >= 15 is 0 Å². The van der Waals surface area contributed by atoms with Crippen LogP contribution < -0.4 is 10.5 Å². The van der Waals surface area contributed by atoms with Crippen molar-refractivity contribution in [2.24, 2.45) is 0 Å². The number of benzene rings is 1. The van der Waals surface area contributed by atoms with Crippen LogP contribution in [0.3, 0.4) is 0 Å². The Morgan fingerprint density at radius 3 is 2.33 bits per heavy atom. The number of aryl methyl sites for hydroxylation is 1. The lowest BCUT2D eigenvalue weighted by Crippen LogP contribution is -2.49. The summed E-state index contributed by atoms with van der Waals surface area (Å²) in [4.78, 5) is 38.0. The van der Waals surface area contributed by atoms with Crippen LogP contribution in [0.1, 0.15) is 17.4 Å². The Hall–Kier alpha value is -3.29. The van der Waals surface area contributed by atoms with Crippen molar-refractivity contribution in [1.82, 2.24) is 24.6 Å². The van der Waals surface area contributed by atoms with E-state index in [1.54, 1.807) is 41.6 Å². The maximum Gasteiger partial charge on any atom is 0.275 e. The number of rotatable bonds is 3. The molecular weight excluding hydrogens is 344 g/mol. The van der Waals surface area contributed by atoms with Crippen LogP contribution in [0.4, 0.5) is 5.95 Å². The summed E-state index contributed by atoms with van der Waals surface area (Å²) >= 11 is 0. The van der Waals surface area contributed by atoms with Gasteiger partial charge in [-0.2, -0.15) is 5.10 Å². The zero-order valence-corrected chi connectivity index (χ0v) is 15.1. The van der Waals surface area contributed by atoms with Gasteiger partial charge >= 0.3 is 0 Å². The number of hydrogen-bond acceptors (Lipinski definition) is 6. The molecule has 1 fully saturated rings. The zero-order chi connectivity index (χ0) is 18.8. The molecule has 3 aromatic rings. The summed E-state index contributed by atoms with van der Waals surface area (Å²) in [6.45, 7) is 4.68. The number of hydrogen-bond donors (Lipinski definition) is 0. The van der Waals surface area contributed by atoms with E-state index in [0.29, 0.717) is 55.1 Å². The number of carbonyl (C=O) groups excluding carboxylic acids is 1. The number of nitrogens with zero attached hydrogens (tertiary/aromatic N) is 6. The van der Waals surface area contributed by atoms with Gasteiger partial charge in [-0.15, -0.1) is 0 Å². The molecule has 0 saturated carbocycles. The van der Waals surface area contributed by atoms with Crippen molar-refractivity contribution in [3.8, 4) is 0 Å². The van der Waals surface area contributed by atoms with E-state index in [4.69, 9.17) is 0 Å². The second-order valence-corrected chi connectivity index (χ2v) is 6.34. The predicted octanol–water partition coefficient (Wildman–Crippen LogP) is 1.17. The van der Waals surface area contributed by atoms with Crippen molar-refractivity contribution in [3.63, 3.8) is 0 Å². The lowest BCUT2D eigenvalue weighted by atomic mass is 10.1. The monoisotopic (exact) mass is 364 g/mol. The van der Waals surface area contributed by atoms with Gasteiger partial charge < -0.3 is 9.80 Å². The summed E-state index contributed by atoms with van der Waals surface area (Å²) in [6.07, 6.45) is 3.42. The minimum atomic E-state index is -0.171. The van der Waals surface area contributed by atoms with Gasteiger partial charge in [0, 0.05) is 50.5 Å². The van der Waals surface area contributed by atoms with E-state index in [-0.39, 0.29) is 11.5 Å². The first-order valence-electron chi connectivity index (χ1n) is 9.00. The van der Waals surface area contributed by atoms with Gasteiger partial charge in [-0.1, -0.05) is 18.2 Å². The van der Waals surface area contributed by atoms with E-state index in [2.05, 4.69) is 20.0 Å². The van der Waals surface area contributed by atoms with Crippen molar-refractivity contribution >= 4 is 22.6 Å². The quantitative estimate of drug-likeness (QED) is 0.694. The normalized spacial score (nSPS) is 14.6. The topological polar surface area (TPSA) is 84.2 Å². The van der Waals surface area contributed by atoms with Gasteiger partial charge in [0.05, 0.1) is 5.39 Å². The first-order chi connectivity index (χ1) is 13.2. The fraction of sp³-hybridized carbons (Fsp3) is 0.316. The molecule has 0 spiro atoms. The van der Waals surface area contributed by atoms with Crippen LogP contribution in [0.5, 0.6) is 0 Å². The summed E-state index contributed by atoms with van der Waals surface area (Å²) in [5.74, 6) is 0.523. The molecule has 0 unspecified atom stereocenters. The lowest BCUT2D eigenvalue weighted by Gasteiger charge is -2.34. The molecule has 27 heavy (non-hydrogen) atoms. The van der Waals surface area contributed by atoms with Gasteiger partial charge in [-0.3, -0.25) is 9.59 Å². The molecule has 0 bridgehead atoms. The van der Waals surface area contributed by atoms with Crippen molar-refractivity contribution in [2.45, 2.75) is 13.5 Å². The maximum absolute atomic E-state index is 13.1. The highest BCUT2D eigenvalue weighted by atomic mass is 16.2. The zero-order valence-electron chi connectivity index (χ0n) is 15.1. The molecule has 1 saturated heterocycles. The average Bonchev–Trinajstić information content (AvgIpc) is 2.74. The van der Waals surface area contributed by atoms with Crippen molar-refractivity contribution in [3.05, 3.63) is 58.8 Å². The highest BCUT2D eigenvalue weighted by molar-refractivity contribution is 6.04. The molecule has 1 aliphatic rings. The summed E-state index contributed by atoms with van der Waals surface area (Å²) < 4.78 is 1.35. The van der Waals surface area contributed by atoms with Crippen LogP contribution in [0.2, 0.25) is 0 Å². The highest BCUT2D eigenvalue weighted by Gasteiger charge is 2.26. The smallest absolute Gasteiger partial charge is 0.275 e. The fourth-order valence-corrected chi connectivity index (χ4v) is 3.32. The number of amides is 1. The Bertz CT molecular complexity index is 1030. The maximum atomic E-state index is 13.1. The lowest BCUT2D eigenvalue weighted by molar-refractivity contribution is 0.0740. The molecule has 0 aliphatic carbocycles. The van der Waals surface area contributed by atoms with Crippen LogP contribution >= 0.6 is 0 Å². The largest absolute Gasteiger partial charge is 0.337 e. The second kappa shape index (κ2) is 7.14. The summed E-state index contributed by atoms with van der Waals surface area (Å²) in [5.41, 5.74) is 0.159. The molecule has 4 rings (SSSR count). The molecule has 0 atom stereocenters. The van der Waals surface area contributed by atoms with E-state index in [0.717, 1.165) is 0 Å².